The zero-order chi connectivity index (χ0) is 24.1. The molecule has 2 heterocycles. The molecule has 1 fully saturated rings. The number of furan rings is 1. The van der Waals surface area contributed by atoms with Gasteiger partial charge in [-0.3, -0.25) is 9.69 Å². The molecule has 1 aliphatic heterocycles. The number of rotatable bonds is 7. The van der Waals surface area contributed by atoms with E-state index in [1.807, 2.05) is 12.1 Å². The van der Waals surface area contributed by atoms with Gasteiger partial charge in [0.15, 0.2) is 16.7 Å². The summed E-state index contributed by atoms with van der Waals surface area (Å²) >= 11 is 7.17. The predicted octanol–water partition coefficient (Wildman–Crippen LogP) is 5.16. The van der Waals surface area contributed by atoms with Crippen molar-refractivity contribution in [3.05, 3.63) is 81.6 Å². The molecule has 174 valence electrons. The fourth-order valence-corrected chi connectivity index (χ4v) is 4.18. The van der Waals surface area contributed by atoms with Crippen molar-refractivity contribution in [2.24, 2.45) is 10.2 Å². The van der Waals surface area contributed by atoms with Crippen LogP contribution in [0.2, 0.25) is 5.02 Å². The number of aromatic hydroxyl groups is 1. The Morgan fingerprint density at radius 1 is 1.12 bits per heavy atom. The Bertz CT molecular complexity index is 1250. The molecule has 0 aliphatic carbocycles. The first kappa shape index (κ1) is 23.5. The van der Waals surface area contributed by atoms with Crippen molar-refractivity contribution >= 4 is 46.7 Å². The zero-order valence-electron chi connectivity index (χ0n) is 18.3. The second-order valence-electron chi connectivity index (χ2n) is 7.03. The molecule has 0 bridgehead atoms. The number of nitrogens with zero attached hydrogens (tertiary/aromatic N) is 3. The minimum atomic E-state index is -0.210. The lowest BCUT2D eigenvalue weighted by molar-refractivity contribution is -0.122. The number of phenolic OH excluding ortho intramolecular Hbond substituents is 1. The largest absolute Gasteiger partial charge is 0.502 e. The lowest BCUT2D eigenvalue weighted by Gasteiger charge is -2.12. The molecule has 0 radical (unpaired) electrons. The molecule has 8 nitrogen and oxygen atoms in total. The van der Waals surface area contributed by atoms with Crippen LogP contribution in [0.3, 0.4) is 0 Å². The summed E-state index contributed by atoms with van der Waals surface area (Å²) < 4.78 is 15.7. The Kier molecular flexibility index (Phi) is 7.24. The van der Waals surface area contributed by atoms with Gasteiger partial charge >= 0.3 is 0 Å². The van der Waals surface area contributed by atoms with Crippen molar-refractivity contribution in [3.8, 4) is 17.2 Å². The number of amides is 1. The van der Waals surface area contributed by atoms with E-state index in [1.54, 1.807) is 48.7 Å². The zero-order valence-corrected chi connectivity index (χ0v) is 19.8. The lowest BCUT2D eigenvalue weighted by atomic mass is 10.2. The Hall–Kier alpha value is -3.69. The number of methoxy groups -OCH3 is 2. The van der Waals surface area contributed by atoms with E-state index in [0.717, 1.165) is 5.56 Å². The minimum Gasteiger partial charge on any atom is -0.502 e. The van der Waals surface area contributed by atoms with Crippen LogP contribution in [-0.4, -0.2) is 41.5 Å². The van der Waals surface area contributed by atoms with E-state index < -0.39 is 0 Å². The van der Waals surface area contributed by atoms with E-state index in [0.29, 0.717) is 26.4 Å². The second-order valence-corrected chi connectivity index (χ2v) is 8.48. The third-order valence-corrected chi connectivity index (χ3v) is 6.05. The molecule has 34 heavy (non-hydrogen) atoms. The van der Waals surface area contributed by atoms with Gasteiger partial charge in [-0.2, -0.15) is 5.10 Å². The number of phenols is 1. The molecule has 1 amide bonds. The van der Waals surface area contributed by atoms with Gasteiger partial charge in [0.1, 0.15) is 5.76 Å². The van der Waals surface area contributed by atoms with Gasteiger partial charge in [0.05, 0.1) is 38.1 Å². The molecular weight excluding hydrogens is 478 g/mol. The van der Waals surface area contributed by atoms with Crippen molar-refractivity contribution in [1.82, 2.24) is 4.90 Å². The molecule has 1 aromatic heterocycles. The summed E-state index contributed by atoms with van der Waals surface area (Å²) in [5, 5.41) is 19.5. The maximum Gasteiger partial charge on any atom is 0.267 e. The average Bonchev–Trinajstić information content (AvgIpc) is 3.45. The summed E-state index contributed by atoms with van der Waals surface area (Å²) in [5.74, 6) is 0.787. The van der Waals surface area contributed by atoms with Gasteiger partial charge < -0.3 is 19.0 Å². The van der Waals surface area contributed by atoms with Crippen LogP contribution in [0.1, 0.15) is 16.9 Å². The van der Waals surface area contributed by atoms with E-state index in [4.69, 9.17) is 25.5 Å². The van der Waals surface area contributed by atoms with Gasteiger partial charge in [-0.25, -0.2) is 0 Å². The highest BCUT2D eigenvalue weighted by Gasteiger charge is 2.34. The van der Waals surface area contributed by atoms with Crippen LogP contribution < -0.4 is 9.47 Å². The maximum atomic E-state index is 13.1. The highest BCUT2D eigenvalue weighted by atomic mass is 35.5. The Morgan fingerprint density at radius 3 is 2.44 bits per heavy atom. The number of thioether (sulfide) groups is 1. The number of carbonyl (C=O) groups excluding carboxylic acids is 1. The molecule has 10 heteroatoms. The van der Waals surface area contributed by atoms with Crippen molar-refractivity contribution in [2.75, 3.05) is 14.2 Å². The van der Waals surface area contributed by atoms with Gasteiger partial charge in [0.25, 0.3) is 5.91 Å². The van der Waals surface area contributed by atoms with E-state index in [1.165, 1.54) is 37.1 Å². The Balaban J connectivity index is 1.63. The van der Waals surface area contributed by atoms with E-state index in [2.05, 4.69) is 10.2 Å². The third kappa shape index (κ3) is 5.27. The summed E-state index contributed by atoms with van der Waals surface area (Å²) in [7, 11) is 2.88. The number of ether oxygens (including phenoxy) is 2. The molecule has 0 unspecified atom stereocenters. The predicted molar refractivity (Wildman–Crippen MR) is 133 cm³/mol. The van der Waals surface area contributed by atoms with Crippen molar-refractivity contribution < 1.29 is 23.8 Å². The van der Waals surface area contributed by atoms with Crippen LogP contribution in [0.4, 0.5) is 0 Å². The molecule has 0 atom stereocenters. The first-order valence-electron chi connectivity index (χ1n) is 10.0. The summed E-state index contributed by atoms with van der Waals surface area (Å²) in [5.41, 5.74) is 1.44. The van der Waals surface area contributed by atoms with E-state index >= 15 is 0 Å². The Morgan fingerprint density at radius 2 is 1.82 bits per heavy atom. The summed E-state index contributed by atoms with van der Waals surface area (Å²) in [6, 6.07) is 13.9. The quantitative estimate of drug-likeness (QED) is 0.275. The average molecular weight is 498 g/mol. The number of amidine groups is 1. The fraction of sp³-hybridized carbons (Fsp3) is 0.125. The molecule has 0 saturated carbocycles. The second kappa shape index (κ2) is 10.5. The number of carbonyl (C=O) groups is 1. The van der Waals surface area contributed by atoms with Gasteiger partial charge in [0, 0.05) is 10.6 Å². The molecule has 2 aromatic carbocycles. The van der Waals surface area contributed by atoms with Gasteiger partial charge in [-0.05, 0) is 59.8 Å². The molecule has 1 N–H and O–H groups in total. The van der Waals surface area contributed by atoms with Crippen molar-refractivity contribution in [1.29, 1.82) is 0 Å². The molecule has 3 aromatic rings. The minimum absolute atomic E-state index is 0.105. The molecule has 1 saturated heterocycles. The molecular formula is C24H20ClN3O5S. The first-order chi connectivity index (χ1) is 16.5. The lowest BCUT2D eigenvalue weighted by Crippen LogP contribution is -2.28. The maximum absolute atomic E-state index is 13.1. The standard InChI is InChI=1S/C24H20ClN3O5S/c1-31-19-10-16(11-20(32-2)22(19)29)13-26-27-24-28(14-18-4-3-9-33-18)23(30)21(34-24)12-15-5-7-17(25)8-6-15/h3-13,29H,14H2,1-2H3/b21-12-,26-13-,27-24+. The van der Waals surface area contributed by atoms with Gasteiger partial charge in [-0.15, -0.1) is 5.10 Å². The van der Waals surface area contributed by atoms with E-state index in [-0.39, 0.29) is 29.7 Å². The Labute approximate surface area is 205 Å². The molecule has 1 aliphatic rings. The first-order valence-corrected chi connectivity index (χ1v) is 11.2. The highest BCUT2D eigenvalue weighted by Crippen LogP contribution is 2.37. The number of hydrogen-bond donors (Lipinski definition) is 1. The van der Waals surface area contributed by atoms with Gasteiger partial charge in [-0.1, -0.05) is 23.7 Å². The van der Waals surface area contributed by atoms with Crippen LogP contribution in [-0.2, 0) is 11.3 Å². The normalized spacial score (nSPS) is 16.2. The highest BCUT2D eigenvalue weighted by molar-refractivity contribution is 8.18. The SMILES string of the molecule is COc1cc(/C=N\N=C2\S/C(=C\c3ccc(Cl)cc3)C(=O)N2Cc2ccco2)cc(OC)c1O. The van der Waals surface area contributed by atoms with Crippen LogP contribution in [0.15, 0.2) is 74.3 Å². The van der Waals surface area contributed by atoms with Crippen molar-refractivity contribution in [2.45, 2.75) is 6.54 Å². The van der Waals surface area contributed by atoms with E-state index in [9.17, 15) is 9.90 Å². The van der Waals surface area contributed by atoms with Crippen LogP contribution in [0.25, 0.3) is 6.08 Å². The molecule has 0 spiro atoms. The van der Waals surface area contributed by atoms with Crippen LogP contribution in [0, 0.1) is 0 Å². The molecule has 4 rings (SSSR count). The third-order valence-electron chi connectivity index (χ3n) is 4.80. The van der Waals surface area contributed by atoms with Gasteiger partial charge in [0.2, 0.25) is 5.75 Å². The topological polar surface area (TPSA) is 96.9 Å². The smallest absolute Gasteiger partial charge is 0.267 e. The number of hydrogen-bond acceptors (Lipinski definition) is 8. The number of benzene rings is 2. The van der Waals surface area contributed by atoms with Crippen LogP contribution >= 0.6 is 23.4 Å². The number of halogens is 1. The fourth-order valence-electron chi connectivity index (χ4n) is 3.12. The van der Waals surface area contributed by atoms with Crippen molar-refractivity contribution in [3.63, 3.8) is 0 Å². The summed E-state index contributed by atoms with van der Waals surface area (Å²) in [6.07, 6.45) is 4.81. The summed E-state index contributed by atoms with van der Waals surface area (Å²) in [6.45, 7) is 0.214. The van der Waals surface area contributed by atoms with Crippen LogP contribution in [0.5, 0.6) is 17.2 Å². The monoisotopic (exact) mass is 497 g/mol. The summed E-state index contributed by atoms with van der Waals surface area (Å²) in [4.78, 5) is 15.1.